The lowest BCUT2D eigenvalue weighted by molar-refractivity contribution is -0.107. The van der Waals surface area contributed by atoms with E-state index in [1.807, 2.05) is 29.7 Å². The Morgan fingerprint density at radius 3 is 2.59 bits per heavy atom. The predicted molar refractivity (Wildman–Crippen MR) is 135 cm³/mol. The van der Waals surface area contributed by atoms with Crippen molar-refractivity contribution < 1.29 is 14.6 Å². The van der Waals surface area contributed by atoms with Gasteiger partial charge in [-0.25, -0.2) is 0 Å². The molecule has 0 spiro atoms. The van der Waals surface area contributed by atoms with Gasteiger partial charge in [0.25, 0.3) is 0 Å². The lowest BCUT2D eigenvalue weighted by Gasteiger charge is -2.12. The highest BCUT2D eigenvalue weighted by molar-refractivity contribution is 7.13. The van der Waals surface area contributed by atoms with E-state index in [0.29, 0.717) is 11.1 Å². The molecule has 2 aliphatic carbocycles. The van der Waals surface area contributed by atoms with Crippen LogP contribution in [0.15, 0.2) is 53.0 Å². The van der Waals surface area contributed by atoms with Crippen LogP contribution in [0.3, 0.4) is 0 Å². The summed E-state index contributed by atoms with van der Waals surface area (Å²) in [6, 6.07) is 7.58. The predicted octanol–water partition coefficient (Wildman–Crippen LogP) is 5.83. The Kier molecular flexibility index (Phi) is 8.06. The van der Waals surface area contributed by atoms with E-state index in [4.69, 9.17) is 16.3 Å². The number of methoxy groups -OCH3 is 1. The van der Waals surface area contributed by atoms with Gasteiger partial charge in [-0.05, 0) is 79.3 Å². The maximum atomic E-state index is 10.9. The van der Waals surface area contributed by atoms with E-state index in [0.717, 1.165) is 52.2 Å². The van der Waals surface area contributed by atoms with Crippen LogP contribution < -0.4 is 4.90 Å². The van der Waals surface area contributed by atoms with Gasteiger partial charge in [-0.15, -0.1) is 11.3 Å². The van der Waals surface area contributed by atoms with Gasteiger partial charge in [0, 0.05) is 41.4 Å². The van der Waals surface area contributed by atoms with Crippen molar-refractivity contribution in [2.75, 3.05) is 25.7 Å². The van der Waals surface area contributed by atoms with Gasteiger partial charge >= 0.3 is 0 Å². The number of ether oxygens (including phenoxy) is 1. The van der Waals surface area contributed by atoms with Gasteiger partial charge in [-0.2, -0.15) is 0 Å². The summed E-state index contributed by atoms with van der Waals surface area (Å²) in [6.07, 6.45) is 7.71. The molecular weight excluding hydrogens is 444 g/mol. The van der Waals surface area contributed by atoms with E-state index in [1.54, 1.807) is 31.6 Å². The Balaban J connectivity index is 0.000000509. The second kappa shape index (κ2) is 10.6. The molecule has 4 rings (SSSR count). The van der Waals surface area contributed by atoms with Crippen molar-refractivity contribution in [3.8, 4) is 10.4 Å². The molecule has 1 heterocycles. The van der Waals surface area contributed by atoms with E-state index in [2.05, 4.69) is 18.3 Å². The van der Waals surface area contributed by atoms with Gasteiger partial charge in [0.05, 0.1) is 17.7 Å². The summed E-state index contributed by atoms with van der Waals surface area (Å²) in [6.45, 7) is 7.87. The Labute approximate surface area is 198 Å². The molecule has 7 heteroatoms. The van der Waals surface area contributed by atoms with Crippen molar-refractivity contribution in [2.45, 2.75) is 31.8 Å². The Hall–Kier alpha value is -2.25. The van der Waals surface area contributed by atoms with Crippen molar-refractivity contribution in [1.82, 2.24) is 0 Å². The normalized spacial score (nSPS) is 16.6. The number of halogens is 1. The molecule has 2 fully saturated rings. The number of carbonyl (C=O) groups excluding carboxylic acids is 1. The number of aliphatic hydroxyl groups is 1. The quantitative estimate of drug-likeness (QED) is 0.284. The minimum Gasteiger partial charge on any atom is -0.395 e. The fraction of sp³-hybridized carbons (Fsp3) is 0.360. The first-order valence-corrected chi connectivity index (χ1v) is 11.7. The van der Waals surface area contributed by atoms with Gasteiger partial charge in [0.1, 0.15) is 0 Å². The molecule has 1 N–H and O–H groups in total. The molecule has 0 aliphatic heterocycles. The highest BCUT2D eigenvalue weighted by Gasteiger charge is 2.45. The Bertz CT molecular complexity index is 1020. The van der Waals surface area contributed by atoms with Gasteiger partial charge in [0.2, 0.25) is 6.41 Å². The number of benzene rings is 1. The summed E-state index contributed by atoms with van der Waals surface area (Å²) >= 11 is 8.00. The van der Waals surface area contributed by atoms with Crippen LogP contribution in [0.4, 0.5) is 5.69 Å². The second-order valence-corrected chi connectivity index (χ2v) is 9.48. The van der Waals surface area contributed by atoms with Crippen LogP contribution in [0.2, 0.25) is 5.02 Å². The summed E-state index contributed by atoms with van der Waals surface area (Å²) < 4.78 is 4.86. The van der Waals surface area contributed by atoms with Gasteiger partial charge in [-0.1, -0.05) is 18.2 Å². The number of hydrogen-bond donors (Lipinski definition) is 1. The largest absolute Gasteiger partial charge is 0.395 e. The van der Waals surface area contributed by atoms with Crippen molar-refractivity contribution in [3.63, 3.8) is 0 Å². The van der Waals surface area contributed by atoms with Crippen molar-refractivity contribution >= 4 is 47.3 Å². The molecule has 0 radical (unpaired) electrons. The molecule has 32 heavy (non-hydrogen) atoms. The summed E-state index contributed by atoms with van der Waals surface area (Å²) in [7, 11) is 3.44. The van der Waals surface area contributed by atoms with E-state index >= 15 is 0 Å². The van der Waals surface area contributed by atoms with E-state index < -0.39 is 0 Å². The maximum absolute atomic E-state index is 10.9. The third-order valence-electron chi connectivity index (χ3n) is 5.79. The van der Waals surface area contributed by atoms with E-state index in [9.17, 15) is 9.90 Å². The molecule has 170 valence electrons. The SMILES string of the molecule is C=N/C(=C\C(=C)c1csc(-c2ccc(N(C)C=O)cc2Cl)c1)C1(CO)CC1.COC1CC1. The fourth-order valence-corrected chi connectivity index (χ4v) is 4.50. The Morgan fingerprint density at radius 2 is 2.12 bits per heavy atom. The number of amides is 1. The number of aliphatic imine (C=N–C) groups is 1. The van der Waals surface area contributed by atoms with Crippen LogP contribution in [-0.4, -0.2) is 45.1 Å². The lowest BCUT2D eigenvalue weighted by atomic mass is 10.00. The number of hydrogen-bond acceptors (Lipinski definition) is 5. The number of allylic oxidation sites excluding steroid dienone is 2. The molecule has 2 saturated carbocycles. The number of thiophene rings is 1. The fourth-order valence-electron chi connectivity index (χ4n) is 3.19. The minimum absolute atomic E-state index is 0.0806. The molecule has 0 bridgehead atoms. The van der Waals surface area contributed by atoms with Crippen molar-refractivity contribution in [3.05, 3.63) is 58.6 Å². The summed E-state index contributed by atoms with van der Waals surface area (Å²) in [5.74, 6) is 0. The third kappa shape index (κ3) is 5.75. The van der Waals surface area contributed by atoms with E-state index in [1.165, 1.54) is 17.7 Å². The standard InChI is InChI=1S/C21H21ClN2O2S.C4H8O/c1-14(8-20(23-2)21(12-25)6-7-21)15-9-19(27-11-15)17-5-4-16(10-18(17)22)24(3)13-26;1-5-4-2-3-4/h4-5,8-11,13,25H,1-2,6-7,12H2,3H3;4H,2-3H2,1H3/b20-8-;. The average Bonchev–Trinajstić information content (AvgIpc) is 3.74. The van der Waals surface area contributed by atoms with Gasteiger partial charge < -0.3 is 14.7 Å². The van der Waals surface area contributed by atoms with E-state index in [-0.39, 0.29) is 12.0 Å². The lowest BCUT2D eigenvalue weighted by Crippen LogP contribution is -2.13. The number of nitrogens with zero attached hydrogens (tertiary/aromatic N) is 2. The van der Waals surface area contributed by atoms with Gasteiger partial charge in [0.15, 0.2) is 0 Å². The minimum atomic E-state index is -0.243. The summed E-state index contributed by atoms with van der Waals surface area (Å²) in [5.41, 5.74) is 4.00. The van der Waals surface area contributed by atoms with Crippen LogP contribution in [0, 0.1) is 5.41 Å². The number of anilines is 1. The van der Waals surface area contributed by atoms with Crippen LogP contribution in [0.5, 0.6) is 0 Å². The van der Waals surface area contributed by atoms with Crippen LogP contribution in [-0.2, 0) is 9.53 Å². The second-order valence-electron chi connectivity index (χ2n) is 8.17. The molecule has 2 aliphatic rings. The first-order valence-electron chi connectivity index (χ1n) is 10.5. The van der Waals surface area contributed by atoms with Gasteiger partial charge in [-0.3, -0.25) is 9.79 Å². The average molecular weight is 473 g/mol. The molecule has 1 aromatic heterocycles. The molecular formula is C25H29ClN2O3S. The Morgan fingerprint density at radius 1 is 1.41 bits per heavy atom. The molecule has 5 nitrogen and oxygen atoms in total. The van der Waals surface area contributed by atoms with Crippen molar-refractivity contribution in [2.24, 2.45) is 10.4 Å². The number of aliphatic hydroxyl groups excluding tert-OH is 1. The summed E-state index contributed by atoms with van der Waals surface area (Å²) in [4.78, 5) is 17.5. The first-order chi connectivity index (χ1) is 15.4. The molecule has 0 atom stereocenters. The third-order valence-corrected chi connectivity index (χ3v) is 7.07. The van der Waals surface area contributed by atoms with Crippen molar-refractivity contribution in [1.29, 1.82) is 0 Å². The zero-order chi connectivity index (χ0) is 23.3. The smallest absolute Gasteiger partial charge is 0.213 e. The molecule has 2 aromatic rings. The van der Waals surface area contributed by atoms with Crippen LogP contribution >= 0.6 is 22.9 Å². The number of carbonyl (C=O) groups is 1. The topological polar surface area (TPSA) is 62.1 Å². The van der Waals surface area contributed by atoms with Crippen LogP contribution in [0.1, 0.15) is 31.2 Å². The highest BCUT2D eigenvalue weighted by Crippen LogP contribution is 2.52. The molecule has 1 aromatic carbocycles. The maximum Gasteiger partial charge on any atom is 0.213 e. The molecule has 0 saturated heterocycles. The highest BCUT2D eigenvalue weighted by atomic mass is 35.5. The molecule has 0 unspecified atom stereocenters. The monoisotopic (exact) mass is 472 g/mol. The number of rotatable bonds is 9. The van der Waals surface area contributed by atoms with Crippen LogP contribution in [0.25, 0.3) is 16.0 Å². The molecule has 1 amide bonds. The first kappa shape index (κ1) is 24.4. The zero-order valence-electron chi connectivity index (χ0n) is 18.5. The summed E-state index contributed by atoms with van der Waals surface area (Å²) in [5, 5.41) is 12.2. The zero-order valence-corrected chi connectivity index (χ0v) is 20.1.